The average Bonchev–Trinajstić information content (AvgIpc) is 2.71. The van der Waals surface area contributed by atoms with Crippen LogP contribution in [-0.4, -0.2) is 30.3 Å². The van der Waals surface area contributed by atoms with Gasteiger partial charge in [-0.05, 0) is 42.8 Å². The fourth-order valence-corrected chi connectivity index (χ4v) is 4.56. The molecule has 1 N–H and O–H groups in total. The van der Waals surface area contributed by atoms with E-state index in [1.54, 1.807) is 6.92 Å². The number of halogens is 4. The maximum atomic E-state index is 13.2. The van der Waals surface area contributed by atoms with Crippen LogP contribution in [-0.2, 0) is 22.6 Å². The first kappa shape index (κ1) is 23.9. The molecule has 3 aromatic rings. The highest BCUT2D eigenvalue weighted by Gasteiger charge is 2.32. The standard InChI is InChI=1S/C20H18ClF3N2O5S/c1-3-31-13-5-6-16(32(29,30)4-2)11(7-13)10-26-18(27)14-8-12(20(22,23)24)9-15(21)17(14)25-19(26)28/h5-9H,3-4,10H2,1-2H3,(H,25,28). The summed E-state index contributed by atoms with van der Waals surface area (Å²) < 4.78 is 70.5. The number of aromatic nitrogens is 2. The molecule has 1 aromatic heterocycles. The fraction of sp³-hybridized carbons (Fsp3) is 0.300. The summed E-state index contributed by atoms with van der Waals surface area (Å²) in [5.74, 6) is 0.0758. The van der Waals surface area contributed by atoms with Gasteiger partial charge < -0.3 is 9.72 Å². The van der Waals surface area contributed by atoms with Crippen molar-refractivity contribution in [2.24, 2.45) is 0 Å². The number of hydrogen-bond acceptors (Lipinski definition) is 5. The van der Waals surface area contributed by atoms with Gasteiger partial charge in [0, 0.05) is 0 Å². The maximum Gasteiger partial charge on any atom is 0.416 e. The number of rotatable bonds is 6. The van der Waals surface area contributed by atoms with Gasteiger partial charge in [0.2, 0.25) is 0 Å². The van der Waals surface area contributed by atoms with Gasteiger partial charge in [-0.15, -0.1) is 0 Å². The highest BCUT2D eigenvalue weighted by molar-refractivity contribution is 7.91. The Balaban J connectivity index is 2.27. The van der Waals surface area contributed by atoms with Crippen molar-refractivity contribution < 1.29 is 26.3 Å². The second kappa shape index (κ2) is 8.62. The maximum absolute atomic E-state index is 13.2. The lowest BCUT2D eigenvalue weighted by atomic mass is 10.1. The minimum absolute atomic E-state index is 0.0859. The van der Waals surface area contributed by atoms with E-state index in [0.717, 1.165) is 0 Å². The van der Waals surface area contributed by atoms with Gasteiger partial charge in [0.05, 0.1) is 45.3 Å². The summed E-state index contributed by atoms with van der Waals surface area (Å²) in [6.07, 6.45) is -4.76. The summed E-state index contributed by atoms with van der Waals surface area (Å²) in [5.41, 5.74) is -3.30. The van der Waals surface area contributed by atoms with Gasteiger partial charge in [-0.25, -0.2) is 13.2 Å². The number of benzene rings is 2. The molecule has 0 radical (unpaired) electrons. The van der Waals surface area contributed by atoms with Gasteiger partial charge in [-0.1, -0.05) is 18.5 Å². The Bertz CT molecular complexity index is 1410. The first-order valence-corrected chi connectivity index (χ1v) is 11.4. The minimum Gasteiger partial charge on any atom is -0.494 e. The predicted molar refractivity (Wildman–Crippen MR) is 113 cm³/mol. The van der Waals surface area contributed by atoms with Crippen LogP contribution in [0.4, 0.5) is 13.2 Å². The molecule has 0 unspecified atom stereocenters. The zero-order valence-electron chi connectivity index (χ0n) is 16.9. The molecule has 0 saturated carbocycles. The van der Waals surface area contributed by atoms with E-state index in [1.807, 2.05) is 0 Å². The third-order valence-electron chi connectivity index (χ3n) is 4.76. The number of nitrogens with zero attached hydrogens (tertiary/aromatic N) is 1. The smallest absolute Gasteiger partial charge is 0.416 e. The van der Waals surface area contributed by atoms with E-state index in [-0.39, 0.29) is 28.3 Å². The topological polar surface area (TPSA) is 98.2 Å². The van der Waals surface area contributed by atoms with Crippen molar-refractivity contribution in [3.05, 3.63) is 67.3 Å². The van der Waals surface area contributed by atoms with Gasteiger partial charge >= 0.3 is 11.9 Å². The number of H-pyrrole nitrogens is 1. The Morgan fingerprint density at radius 3 is 2.41 bits per heavy atom. The zero-order valence-corrected chi connectivity index (χ0v) is 18.5. The zero-order chi connectivity index (χ0) is 23.8. The Labute approximate surface area is 185 Å². The number of aromatic amines is 1. The van der Waals surface area contributed by atoms with Crippen LogP contribution in [0.15, 0.2) is 44.8 Å². The van der Waals surface area contributed by atoms with Gasteiger partial charge in [0.1, 0.15) is 5.75 Å². The van der Waals surface area contributed by atoms with Crippen molar-refractivity contribution >= 4 is 32.3 Å². The molecule has 12 heteroatoms. The largest absolute Gasteiger partial charge is 0.494 e. The molecule has 7 nitrogen and oxygen atoms in total. The van der Waals surface area contributed by atoms with Crippen molar-refractivity contribution in [1.82, 2.24) is 9.55 Å². The second-order valence-electron chi connectivity index (χ2n) is 6.81. The SMILES string of the molecule is CCOc1ccc(S(=O)(=O)CC)c(Cn2c(=O)[nH]c3c(Cl)cc(C(F)(F)F)cc3c2=O)c1. The Hall–Kier alpha value is -2.79. The summed E-state index contributed by atoms with van der Waals surface area (Å²) in [7, 11) is -3.73. The van der Waals surface area contributed by atoms with Crippen LogP contribution in [0.2, 0.25) is 5.02 Å². The van der Waals surface area contributed by atoms with E-state index >= 15 is 0 Å². The summed E-state index contributed by atoms with van der Waals surface area (Å²) in [5, 5.41) is -0.894. The third kappa shape index (κ3) is 4.53. The minimum atomic E-state index is -4.76. The molecular formula is C20H18ClF3N2O5S. The van der Waals surface area contributed by atoms with E-state index in [2.05, 4.69) is 4.98 Å². The van der Waals surface area contributed by atoms with E-state index in [0.29, 0.717) is 22.4 Å². The molecule has 0 aliphatic carbocycles. The van der Waals surface area contributed by atoms with Crippen LogP contribution in [0.5, 0.6) is 5.75 Å². The third-order valence-corrected chi connectivity index (χ3v) is 6.88. The van der Waals surface area contributed by atoms with Crippen LogP contribution in [0, 0.1) is 0 Å². The van der Waals surface area contributed by atoms with Crippen molar-refractivity contribution in [2.75, 3.05) is 12.4 Å². The summed E-state index contributed by atoms with van der Waals surface area (Å²) in [6, 6.07) is 5.33. The first-order chi connectivity index (χ1) is 14.9. The summed E-state index contributed by atoms with van der Waals surface area (Å²) >= 11 is 5.87. The molecule has 3 rings (SSSR count). The number of sulfone groups is 1. The van der Waals surface area contributed by atoms with Crippen molar-refractivity contribution in [2.45, 2.75) is 31.5 Å². The summed E-state index contributed by atoms with van der Waals surface area (Å²) in [6.45, 7) is 2.93. The first-order valence-electron chi connectivity index (χ1n) is 9.41. The Kier molecular flexibility index (Phi) is 6.43. The lowest BCUT2D eigenvalue weighted by molar-refractivity contribution is -0.137. The molecule has 2 aromatic carbocycles. The van der Waals surface area contributed by atoms with Gasteiger partial charge in [-0.3, -0.25) is 9.36 Å². The van der Waals surface area contributed by atoms with Gasteiger partial charge in [0.15, 0.2) is 9.84 Å². The molecule has 0 amide bonds. The van der Waals surface area contributed by atoms with E-state index in [1.165, 1.54) is 25.1 Å². The van der Waals surface area contributed by atoms with Crippen LogP contribution in [0.1, 0.15) is 25.0 Å². The predicted octanol–water partition coefficient (Wildman–Crippen LogP) is 3.60. The van der Waals surface area contributed by atoms with Gasteiger partial charge in [0.25, 0.3) is 5.56 Å². The highest BCUT2D eigenvalue weighted by Crippen LogP contribution is 2.33. The number of fused-ring (bicyclic) bond motifs is 1. The molecule has 0 saturated heterocycles. The number of nitrogens with one attached hydrogen (secondary N) is 1. The van der Waals surface area contributed by atoms with Crippen molar-refractivity contribution in [3.63, 3.8) is 0 Å². The van der Waals surface area contributed by atoms with Crippen LogP contribution >= 0.6 is 11.6 Å². The molecule has 1 heterocycles. The van der Waals surface area contributed by atoms with Gasteiger partial charge in [-0.2, -0.15) is 13.2 Å². The monoisotopic (exact) mass is 490 g/mol. The molecular weight excluding hydrogens is 473 g/mol. The number of hydrogen-bond donors (Lipinski definition) is 1. The quantitative estimate of drug-likeness (QED) is 0.569. The van der Waals surface area contributed by atoms with Crippen LogP contribution in [0.25, 0.3) is 10.9 Å². The number of ether oxygens (including phenoxy) is 1. The van der Waals surface area contributed by atoms with E-state index < -0.39 is 49.8 Å². The molecule has 0 bridgehead atoms. The fourth-order valence-electron chi connectivity index (χ4n) is 3.19. The lowest BCUT2D eigenvalue weighted by Gasteiger charge is -2.14. The Morgan fingerprint density at radius 2 is 1.81 bits per heavy atom. The number of alkyl halides is 3. The van der Waals surface area contributed by atoms with E-state index in [9.17, 15) is 31.2 Å². The van der Waals surface area contributed by atoms with Crippen molar-refractivity contribution in [1.29, 1.82) is 0 Å². The molecule has 172 valence electrons. The molecule has 0 aliphatic heterocycles. The molecule has 32 heavy (non-hydrogen) atoms. The second-order valence-corrected chi connectivity index (χ2v) is 9.46. The van der Waals surface area contributed by atoms with Crippen molar-refractivity contribution in [3.8, 4) is 5.75 Å². The molecule has 0 aliphatic rings. The summed E-state index contributed by atoms with van der Waals surface area (Å²) in [4.78, 5) is 27.7. The molecule has 0 spiro atoms. The Morgan fingerprint density at radius 1 is 1.12 bits per heavy atom. The van der Waals surface area contributed by atoms with Crippen LogP contribution in [0.3, 0.4) is 0 Å². The van der Waals surface area contributed by atoms with Crippen LogP contribution < -0.4 is 16.0 Å². The normalized spacial score (nSPS) is 12.3. The molecule has 0 fully saturated rings. The average molecular weight is 491 g/mol. The molecule has 0 atom stereocenters. The highest BCUT2D eigenvalue weighted by atomic mass is 35.5. The van der Waals surface area contributed by atoms with E-state index in [4.69, 9.17) is 16.3 Å². The lowest BCUT2D eigenvalue weighted by Crippen LogP contribution is -2.36.